The molecule has 0 aliphatic carbocycles. The van der Waals surface area contributed by atoms with Gasteiger partial charge in [-0.1, -0.05) is 24.3 Å². The van der Waals surface area contributed by atoms with Gasteiger partial charge in [0.1, 0.15) is 5.70 Å². The van der Waals surface area contributed by atoms with E-state index in [1.54, 1.807) is 6.20 Å². The first-order chi connectivity index (χ1) is 15.1. The number of hydrogen-bond donors (Lipinski definition) is 5. The number of carbonyl (C=O) groups is 2. The fraction of sp³-hybridized carbons (Fsp3) is 0.182. The summed E-state index contributed by atoms with van der Waals surface area (Å²) in [7, 11) is 0. The largest absolute Gasteiger partial charge is 0.387 e. The highest BCUT2D eigenvalue weighted by molar-refractivity contribution is 6.10. The summed E-state index contributed by atoms with van der Waals surface area (Å²) in [5, 5.41) is 12.5. The lowest BCUT2D eigenvalue weighted by Gasteiger charge is -2.27. The molecule has 3 aliphatic rings. The quantitative estimate of drug-likeness (QED) is 0.471. The third-order valence-corrected chi connectivity index (χ3v) is 5.54. The van der Waals surface area contributed by atoms with Crippen molar-refractivity contribution in [2.45, 2.75) is 6.54 Å². The van der Waals surface area contributed by atoms with Crippen LogP contribution in [0.4, 0.5) is 11.4 Å². The van der Waals surface area contributed by atoms with Gasteiger partial charge in [-0.3, -0.25) is 14.3 Å². The number of aromatic nitrogens is 1. The van der Waals surface area contributed by atoms with Crippen LogP contribution in [0.25, 0.3) is 5.57 Å². The van der Waals surface area contributed by atoms with Crippen LogP contribution in [-0.4, -0.2) is 41.0 Å². The molecule has 9 nitrogen and oxygen atoms in total. The van der Waals surface area contributed by atoms with Crippen LogP contribution in [0.1, 0.15) is 21.7 Å². The van der Waals surface area contributed by atoms with Gasteiger partial charge in [0.25, 0.3) is 5.91 Å². The van der Waals surface area contributed by atoms with Crippen molar-refractivity contribution in [3.05, 3.63) is 77.5 Å². The number of anilines is 2. The molecule has 0 saturated heterocycles. The molecule has 1 aromatic heterocycles. The van der Waals surface area contributed by atoms with Crippen molar-refractivity contribution in [1.82, 2.24) is 25.5 Å². The molecule has 0 fully saturated rings. The van der Waals surface area contributed by atoms with Crippen LogP contribution < -0.4 is 27.1 Å². The van der Waals surface area contributed by atoms with Crippen molar-refractivity contribution in [2.24, 2.45) is 0 Å². The zero-order valence-electron chi connectivity index (χ0n) is 16.8. The lowest BCUT2D eigenvalue weighted by Crippen LogP contribution is -2.42. The Hall–Kier alpha value is -4.14. The van der Waals surface area contributed by atoms with Crippen LogP contribution in [0.5, 0.6) is 0 Å². The van der Waals surface area contributed by atoms with Crippen molar-refractivity contribution >= 4 is 28.6 Å². The van der Waals surface area contributed by atoms with Gasteiger partial charge in [0.2, 0.25) is 0 Å². The zero-order valence-corrected chi connectivity index (χ0v) is 16.8. The Kier molecular flexibility index (Phi) is 4.62. The number of dihydropyridines is 1. The summed E-state index contributed by atoms with van der Waals surface area (Å²) in [6.07, 6.45) is 7.43. The lowest BCUT2D eigenvalue weighted by atomic mass is 10.0. The van der Waals surface area contributed by atoms with Crippen molar-refractivity contribution in [2.75, 3.05) is 30.9 Å². The predicted molar refractivity (Wildman–Crippen MR) is 118 cm³/mol. The Labute approximate surface area is 179 Å². The summed E-state index contributed by atoms with van der Waals surface area (Å²) in [6.45, 7) is 1.39. The van der Waals surface area contributed by atoms with E-state index < -0.39 is 0 Å². The number of Topliss-reactive ketones (excluding diaryl/α,β-unsaturated/α-hetero) is 1. The first kappa shape index (κ1) is 18.9. The van der Waals surface area contributed by atoms with Gasteiger partial charge in [0.15, 0.2) is 5.78 Å². The number of benzene rings is 1. The van der Waals surface area contributed by atoms with Crippen LogP contribution in [0, 0.1) is 0 Å². The van der Waals surface area contributed by atoms with E-state index in [0.29, 0.717) is 41.5 Å². The van der Waals surface area contributed by atoms with Gasteiger partial charge in [-0.2, -0.15) is 0 Å². The summed E-state index contributed by atoms with van der Waals surface area (Å²) >= 11 is 0. The molecule has 0 bridgehead atoms. The van der Waals surface area contributed by atoms with Crippen LogP contribution in [0.3, 0.4) is 0 Å². The normalized spacial score (nSPS) is 17.2. The van der Waals surface area contributed by atoms with E-state index in [1.807, 2.05) is 48.7 Å². The van der Waals surface area contributed by atoms with E-state index in [9.17, 15) is 9.59 Å². The Morgan fingerprint density at radius 1 is 1.13 bits per heavy atom. The van der Waals surface area contributed by atoms with Crippen molar-refractivity contribution < 1.29 is 9.59 Å². The molecule has 0 radical (unpaired) electrons. The SMILES string of the molecule is Nn1c2c(c(Nc3ccccc3)c1C1=CCNC=C1)C(=O)CN(C(=O)C1=CNCN1)C2. The second-order valence-corrected chi connectivity index (χ2v) is 7.51. The summed E-state index contributed by atoms with van der Waals surface area (Å²) in [4.78, 5) is 27.6. The second-order valence-electron chi connectivity index (χ2n) is 7.51. The zero-order chi connectivity index (χ0) is 21.4. The molecule has 9 heteroatoms. The minimum absolute atomic E-state index is 0.00574. The maximum atomic E-state index is 13.3. The number of rotatable bonds is 4. The fourth-order valence-corrected chi connectivity index (χ4v) is 4.09. The van der Waals surface area contributed by atoms with Gasteiger partial charge < -0.3 is 32.0 Å². The van der Waals surface area contributed by atoms with Gasteiger partial charge in [-0.05, 0) is 24.4 Å². The molecule has 0 spiro atoms. The van der Waals surface area contributed by atoms with Gasteiger partial charge in [-0.25, -0.2) is 0 Å². The highest BCUT2D eigenvalue weighted by Crippen LogP contribution is 2.38. The monoisotopic (exact) mass is 417 g/mol. The molecule has 0 atom stereocenters. The van der Waals surface area contributed by atoms with Gasteiger partial charge in [0.05, 0.1) is 42.4 Å². The number of nitrogens with zero attached hydrogens (tertiary/aromatic N) is 2. The van der Waals surface area contributed by atoms with Crippen molar-refractivity contribution in [3.8, 4) is 0 Å². The number of hydrogen-bond acceptors (Lipinski definition) is 7. The van der Waals surface area contributed by atoms with E-state index in [1.165, 1.54) is 9.58 Å². The second kappa shape index (κ2) is 7.60. The average Bonchev–Trinajstić information content (AvgIpc) is 3.42. The number of fused-ring (bicyclic) bond motifs is 1. The summed E-state index contributed by atoms with van der Waals surface area (Å²) in [5.41, 5.74) is 4.73. The lowest BCUT2D eigenvalue weighted by molar-refractivity contribution is -0.127. The molecule has 0 saturated carbocycles. The van der Waals surface area contributed by atoms with Gasteiger partial charge in [0, 0.05) is 24.0 Å². The molecule has 31 heavy (non-hydrogen) atoms. The summed E-state index contributed by atoms with van der Waals surface area (Å²) in [6, 6.07) is 9.66. The third-order valence-electron chi connectivity index (χ3n) is 5.54. The van der Waals surface area contributed by atoms with Crippen molar-refractivity contribution in [3.63, 3.8) is 0 Å². The van der Waals surface area contributed by atoms with E-state index in [2.05, 4.69) is 21.3 Å². The first-order valence-corrected chi connectivity index (χ1v) is 10.1. The van der Waals surface area contributed by atoms with Crippen LogP contribution in [-0.2, 0) is 11.3 Å². The van der Waals surface area contributed by atoms with E-state index in [4.69, 9.17) is 5.84 Å². The molecule has 5 rings (SSSR count). The Morgan fingerprint density at radius 3 is 2.68 bits per heavy atom. The number of allylic oxidation sites excluding steroid dienone is 2. The number of nitrogen functional groups attached to an aromatic ring is 1. The predicted octanol–water partition coefficient (Wildman–Crippen LogP) is 0.962. The highest BCUT2D eigenvalue weighted by atomic mass is 16.2. The summed E-state index contributed by atoms with van der Waals surface area (Å²) < 4.78 is 1.54. The van der Waals surface area contributed by atoms with E-state index >= 15 is 0 Å². The molecule has 1 amide bonds. The van der Waals surface area contributed by atoms with Crippen LogP contribution in [0.2, 0.25) is 0 Å². The number of para-hydroxylation sites is 1. The standard InChI is InChI=1S/C22H23N7O2/c23-29-17-11-28(22(31)16-10-25-13-26-16)12-18(30)19(17)20(27-15-4-2-1-3-5-15)21(29)14-6-8-24-9-7-14/h1-8,10,24-27H,9,11-13,23H2. The maximum Gasteiger partial charge on any atom is 0.272 e. The summed E-state index contributed by atoms with van der Waals surface area (Å²) in [5.74, 6) is 6.16. The molecule has 0 unspecified atom stereocenters. The number of nitrogens with one attached hydrogen (secondary N) is 4. The smallest absolute Gasteiger partial charge is 0.272 e. The molecular formula is C22H23N7O2. The topological polar surface area (TPSA) is 116 Å². The Bertz CT molecular complexity index is 1140. The minimum Gasteiger partial charge on any atom is -0.387 e. The molecule has 3 aliphatic heterocycles. The number of nitrogens with two attached hydrogens (primary N) is 1. The molecule has 4 heterocycles. The van der Waals surface area contributed by atoms with Crippen LogP contribution in [0.15, 0.2) is 60.6 Å². The number of amides is 1. The van der Waals surface area contributed by atoms with Gasteiger partial charge in [-0.15, -0.1) is 0 Å². The minimum atomic E-state index is -0.231. The van der Waals surface area contributed by atoms with Gasteiger partial charge >= 0.3 is 0 Å². The molecular weight excluding hydrogens is 394 g/mol. The first-order valence-electron chi connectivity index (χ1n) is 10.1. The highest BCUT2D eigenvalue weighted by Gasteiger charge is 2.36. The average molecular weight is 417 g/mol. The molecule has 6 N–H and O–H groups in total. The Balaban J connectivity index is 1.59. The maximum absolute atomic E-state index is 13.3. The van der Waals surface area contributed by atoms with E-state index in [-0.39, 0.29) is 24.8 Å². The number of ketones is 1. The van der Waals surface area contributed by atoms with Crippen LogP contribution >= 0.6 is 0 Å². The molecule has 1 aromatic carbocycles. The van der Waals surface area contributed by atoms with E-state index in [0.717, 1.165) is 11.3 Å². The van der Waals surface area contributed by atoms with Crippen molar-refractivity contribution in [1.29, 1.82) is 0 Å². The fourth-order valence-electron chi connectivity index (χ4n) is 4.09. The third kappa shape index (κ3) is 3.29. The molecule has 2 aromatic rings. The Morgan fingerprint density at radius 2 is 1.97 bits per heavy atom. The number of carbonyl (C=O) groups excluding carboxylic acids is 2. The molecule has 158 valence electrons.